The number of ketones is 2. The van der Waals surface area contributed by atoms with E-state index in [0.717, 1.165) is 5.57 Å². The van der Waals surface area contributed by atoms with Crippen LogP contribution in [0.1, 0.15) is 27.7 Å². The highest BCUT2D eigenvalue weighted by atomic mass is 16.8. The summed E-state index contributed by atoms with van der Waals surface area (Å²) >= 11 is 0. The fraction of sp³-hybridized carbons (Fsp3) is 0.591. The molecule has 1 amide bonds. The van der Waals surface area contributed by atoms with Crippen molar-refractivity contribution in [1.82, 2.24) is 5.32 Å². The average molecular weight is 433 g/mol. The number of aliphatic hydroxyl groups excluding tert-OH is 2. The number of hydrogen-bond acceptors (Lipinski definition) is 8. The Morgan fingerprint density at radius 3 is 2.58 bits per heavy atom. The van der Waals surface area contributed by atoms with Gasteiger partial charge >= 0.3 is 0 Å². The van der Waals surface area contributed by atoms with Crippen molar-refractivity contribution in [3.63, 3.8) is 0 Å². The minimum absolute atomic E-state index is 0.116. The van der Waals surface area contributed by atoms with E-state index in [0.29, 0.717) is 0 Å². The Morgan fingerprint density at radius 2 is 1.97 bits per heavy atom. The molecule has 0 spiro atoms. The van der Waals surface area contributed by atoms with Gasteiger partial charge in [-0.05, 0) is 19.9 Å². The lowest BCUT2D eigenvalue weighted by atomic mass is 9.78. The van der Waals surface area contributed by atoms with E-state index < -0.39 is 35.3 Å². The van der Waals surface area contributed by atoms with E-state index in [9.17, 15) is 24.6 Å². The van der Waals surface area contributed by atoms with Crippen molar-refractivity contribution < 1.29 is 38.8 Å². The zero-order valence-electron chi connectivity index (χ0n) is 17.9. The molecule has 4 aliphatic rings. The van der Waals surface area contributed by atoms with Gasteiger partial charge in [-0.25, -0.2) is 0 Å². The van der Waals surface area contributed by atoms with Gasteiger partial charge in [0, 0.05) is 11.8 Å². The van der Waals surface area contributed by atoms with Gasteiger partial charge < -0.3 is 29.7 Å². The molecule has 0 aromatic heterocycles. The Labute approximate surface area is 179 Å². The Morgan fingerprint density at radius 1 is 1.26 bits per heavy atom. The Kier molecular flexibility index (Phi) is 5.20. The van der Waals surface area contributed by atoms with Crippen LogP contribution in [0, 0.1) is 11.8 Å². The summed E-state index contributed by atoms with van der Waals surface area (Å²) in [6, 6.07) is 0. The van der Waals surface area contributed by atoms with Crippen LogP contribution in [0.25, 0.3) is 0 Å². The molecule has 9 heteroatoms. The molecule has 0 saturated carbocycles. The van der Waals surface area contributed by atoms with E-state index in [1.165, 1.54) is 6.08 Å². The summed E-state index contributed by atoms with van der Waals surface area (Å²) in [4.78, 5) is 36.0. The van der Waals surface area contributed by atoms with Gasteiger partial charge in [0.1, 0.15) is 17.4 Å². The van der Waals surface area contributed by atoms with Crippen molar-refractivity contribution in [2.24, 2.45) is 11.8 Å². The van der Waals surface area contributed by atoms with E-state index >= 15 is 0 Å². The van der Waals surface area contributed by atoms with Crippen molar-refractivity contribution in [2.45, 2.75) is 57.4 Å². The number of nitrogens with one attached hydrogen (secondary N) is 1. The number of aliphatic hydroxyl groups is 2. The average Bonchev–Trinajstić information content (AvgIpc) is 3.40. The van der Waals surface area contributed by atoms with Crippen LogP contribution in [0.5, 0.6) is 0 Å². The lowest BCUT2D eigenvalue weighted by Gasteiger charge is -2.51. The number of carbonyl (C=O) groups excluding carboxylic acids is 3. The van der Waals surface area contributed by atoms with Crippen LogP contribution in [-0.2, 0) is 28.6 Å². The molecule has 4 saturated heterocycles. The predicted octanol–water partition coefficient (Wildman–Crippen LogP) is 0.485. The van der Waals surface area contributed by atoms with Crippen molar-refractivity contribution in [1.29, 1.82) is 0 Å². The minimum Gasteiger partial charge on any atom is -0.507 e. The number of allylic oxidation sites excluding steroid dienone is 3. The Hall–Kier alpha value is -2.33. The maximum Gasteiger partial charge on any atom is 0.259 e. The fourth-order valence-electron chi connectivity index (χ4n) is 4.82. The number of hydrogen-bond donors (Lipinski definition) is 3. The maximum absolute atomic E-state index is 12.7. The summed E-state index contributed by atoms with van der Waals surface area (Å²) in [6.45, 7) is 6.84. The zero-order valence-corrected chi connectivity index (χ0v) is 17.9. The van der Waals surface area contributed by atoms with Gasteiger partial charge in [0.15, 0.2) is 23.3 Å². The monoisotopic (exact) mass is 433 g/mol. The first kappa shape index (κ1) is 21.9. The molecule has 0 aliphatic carbocycles. The van der Waals surface area contributed by atoms with Crippen LogP contribution in [0.4, 0.5) is 0 Å². The second-order valence-electron chi connectivity index (χ2n) is 8.84. The quantitative estimate of drug-likeness (QED) is 0.187. The third-order valence-electron chi connectivity index (χ3n) is 6.67. The highest BCUT2D eigenvalue weighted by Crippen LogP contribution is 2.57. The molecular formula is C22H27NO8. The fourth-order valence-corrected chi connectivity index (χ4v) is 4.82. The first-order valence-electron chi connectivity index (χ1n) is 10.3. The molecule has 0 aromatic carbocycles. The molecule has 0 radical (unpaired) electrons. The van der Waals surface area contributed by atoms with Gasteiger partial charge in [0.05, 0.1) is 19.3 Å². The molecule has 9 nitrogen and oxygen atoms in total. The first-order valence-corrected chi connectivity index (χ1v) is 10.3. The van der Waals surface area contributed by atoms with Gasteiger partial charge in [-0.2, -0.15) is 0 Å². The molecule has 4 aliphatic heterocycles. The van der Waals surface area contributed by atoms with Crippen LogP contribution in [0.15, 0.2) is 35.1 Å². The van der Waals surface area contributed by atoms with Crippen LogP contribution >= 0.6 is 0 Å². The molecule has 31 heavy (non-hydrogen) atoms. The third kappa shape index (κ3) is 3.27. The molecule has 3 unspecified atom stereocenters. The molecular weight excluding hydrogens is 406 g/mol. The van der Waals surface area contributed by atoms with E-state index in [1.54, 1.807) is 13.0 Å². The van der Waals surface area contributed by atoms with Crippen LogP contribution in [0.2, 0.25) is 0 Å². The lowest BCUT2D eigenvalue weighted by Crippen LogP contribution is -2.67. The van der Waals surface area contributed by atoms with Crippen LogP contribution in [0.3, 0.4) is 0 Å². The number of Topliss-reactive ketones (excluding diaryl/α,β-unsaturated/α-hetero) is 2. The predicted molar refractivity (Wildman–Crippen MR) is 107 cm³/mol. The number of fused-ring (bicyclic) bond motifs is 4. The summed E-state index contributed by atoms with van der Waals surface area (Å²) in [5, 5.41) is 22.3. The van der Waals surface area contributed by atoms with Crippen molar-refractivity contribution >= 4 is 17.5 Å². The van der Waals surface area contributed by atoms with Crippen molar-refractivity contribution in [3.8, 4) is 0 Å². The highest BCUT2D eigenvalue weighted by Gasteiger charge is 2.78. The van der Waals surface area contributed by atoms with E-state index in [1.807, 2.05) is 26.8 Å². The number of epoxide rings is 1. The largest absolute Gasteiger partial charge is 0.507 e. The number of carbonyl (C=O) groups is 3. The van der Waals surface area contributed by atoms with Crippen LogP contribution < -0.4 is 5.32 Å². The summed E-state index contributed by atoms with van der Waals surface area (Å²) in [5.41, 5.74) is -0.637. The van der Waals surface area contributed by atoms with Gasteiger partial charge in [0.2, 0.25) is 5.79 Å². The van der Waals surface area contributed by atoms with Gasteiger partial charge in [0.25, 0.3) is 5.91 Å². The Balaban J connectivity index is 1.53. The van der Waals surface area contributed by atoms with Crippen LogP contribution in [-0.4, -0.2) is 70.5 Å². The van der Waals surface area contributed by atoms with Gasteiger partial charge in [-0.15, -0.1) is 0 Å². The standard InChI is InChI=1S/C22H27NO8/c1-10(5-6-13(25)15-14(26)8-23-20(15)28)7-11(2)17-12(3)18-16(27)19-22(9-24,31-19)21(4,29-17)30-18/h5-7,11-12,17-19,24-25H,8-9H2,1-4H3,(H,23,28)/b6-5+,10-7+,15-13-/t11-,12-,17-,18?,19?,21?,22+/m1/s1. The summed E-state index contributed by atoms with van der Waals surface area (Å²) in [6.07, 6.45) is 3.07. The van der Waals surface area contributed by atoms with Crippen molar-refractivity contribution in [2.75, 3.05) is 13.2 Å². The molecule has 2 bridgehead atoms. The highest BCUT2D eigenvalue weighted by molar-refractivity contribution is 6.25. The second-order valence-corrected chi connectivity index (χ2v) is 8.84. The number of amides is 1. The molecule has 7 atom stereocenters. The minimum atomic E-state index is -1.23. The Bertz CT molecular complexity index is 918. The van der Waals surface area contributed by atoms with Gasteiger partial charge in [-0.3, -0.25) is 14.4 Å². The van der Waals surface area contributed by atoms with Crippen molar-refractivity contribution in [3.05, 3.63) is 35.1 Å². The topological polar surface area (TPSA) is 135 Å². The molecule has 4 fully saturated rings. The van der Waals surface area contributed by atoms with E-state index in [-0.39, 0.29) is 48.2 Å². The second kappa shape index (κ2) is 7.37. The summed E-state index contributed by atoms with van der Waals surface area (Å²) < 4.78 is 17.8. The molecule has 168 valence electrons. The summed E-state index contributed by atoms with van der Waals surface area (Å²) in [7, 11) is 0. The maximum atomic E-state index is 12.7. The molecule has 4 rings (SSSR count). The van der Waals surface area contributed by atoms with Gasteiger partial charge in [-0.1, -0.05) is 31.6 Å². The molecule has 0 aromatic rings. The lowest BCUT2D eigenvalue weighted by molar-refractivity contribution is -0.355. The SMILES string of the molecule is CC(/C=C/C(O)=C1\C(=O)CNC1=O)=C\[C@@H](C)[C@H]1OC2(C)OC(C(=O)C3O[C@@]32CO)[C@@H]1C. The third-order valence-corrected chi connectivity index (χ3v) is 6.67. The first-order chi connectivity index (χ1) is 14.5. The van der Waals surface area contributed by atoms with E-state index in [4.69, 9.17) is 14.2 Å². The molecule has 3 N–H and O–H groups in total. The summed E-state index contributed by atoms with van der Waals surface area (Å²) in [5.74, 6) is -3.20. The normalized spacial score (nSPS) is 42.5. The number of ether oxygens (including phenoxy) is 3. The smallest absolute Gasteiger partial charge is 0.259 e. The number of rotatable bonds is 5. The van der Waals surface area contributed by atoms with E-state index in [2.05, 4.69) is 5.32 Å². The zero-order chi connectivity index (χ0) is 22.7. The molecule has 4 heterocycles.